The highest BCUT2D eigenvalue weighted by atomic mass is 19.1. The van der Waals surface area contributed by atoms with Gasteiger partial charge in [0, 0.05) is 32.7 Å². The van der Waals surface area contributed by atoms with Gasteiger partial charge < -0.3 is 14.5 Å². The number of hydrogen-bond acceptors (Lipinski definition) is 4. The molecule has 6 nitrogen and oxygen atoms in total. The highest BCUT2D eigenvalue weighted by Gasteiger charge is 2.38. The van der Waals surface area contributed by atoms with Crippen molar-refractivity contribution in [2.24, 2.45) is 0 Å². The Morgan fingerprint density at radius 3 is 2.37 bits per heavy atom. The zero-order valence-electron chi connectivity index (χ0n) is 16.9. The molecule has 30 heavy (non-hydrogen) atoms. The van der Waals surface area contributed by atoms with Crippen molar-refractivity contribution in [2.45, 2.75) is 25.5 Å². The number of halogens is 1. The van der Waals surface area contributed by atoms with E-state index in [9.17, 15) is 14.0 Å². The van der Waals surface area contributed by atoms with E-state index in [-0.39, 0.29) is 18.3 Å². The molecule has 2 aliphatic rings. The van der Waals surface area contributed by atoms with Crippen LogP contribution in [0.1, 0.15) is 18.4 Å². The molecule has 1 atom stereocenters. The summed E-state index contributed by atoms with van der Waals surface area (Å²) in [6, 6.07) is 15.7. The maximum absolute atomic E-state index is 14.0. The van der Waals surface area contributed by atoms with Crippen LogP contribution in [0, 0.1) is 5.82 Å². The number of hydrogen-bond donors (Lipinski definition) is 0. The van der Waals surface area contributed by atoms with Crippen LogP contribution in [-0.4, -0.2) is 60.6 Å². The fourth-order valence-corrected chi connectivity index (χ4v) is 4.13. The molecule has 0 saturated carbocycles. The molecule has 0 aromatic heterocycles. The average Bonchev–Trinajstić information content (AvgIpc) is 3.28. The number of carbonyl (C=O) groups is 2. The van der Waals surface area contributed by atoms with Gasteiger partial charge in [0.05, 0.1) is 5.69 Å². The Balaban J connectivity index is 1.32. The quantitative estimate of drug-likeness (QED) is 0.775. The summed E-state index contributed by atoms with van der Waals surface area (Å²) in [5.41, 5.74) is 1.48. The average molecular weight is 411 g/mol. The number of nitrogens with zero attached hydrogens (tertiary/aromatic N) is 3. The number of likely N-dealkylation sites (tertiary alicyclic amines) is 1. The maximum atomic E-state index is 14.0. The lowest BCUT2D eigenvalue weighted by Crippen LogP contribution is -2.54. The molecule has 0 N–H and O–H groups in total. The number of rotatable bonds is 4. The minimum Gasteiger partial charge on any atom is -0.445 e. The van der Waals surface area contributed by atoms with Gasteiger partial charge >= 0.3 is 6.09 Å². The number of carbonyl (C=O) groups excluding carboxylic acids is 2. The van der Waals surface area contributed by atoms with Gasteiger partial charge in [-0.1, -0.05) is 42.5 Å². The van der Waals surface area contributed by atoms with Gasteiger partial charge in [-0.15, -0.1) is 0 Å². The summed E-state index contributed by atoms with van der Waals surface area (Å²) in [4.78, 5) is 30.9. The van der Waals surface area contributed by atoms with Crippen LogP contribution in [0.25, 0.3) is 0 Å². The molecule has 2 aliphatic heterocycles. The molecule has 2 aromatic rings. The Kier molecular flexibility index (Phi) is 6.16. The van der Waals surface area contributed by atoms with Gasteiger partial charge in [0.25, 0.3) is 0 Å². The van der Waals surface area contributed by atoms with Gasteiger partial charge in [-0.2, -0.15) is 0 Å². The van der Waals surface area contributed by atoms with Gasteiger partial charge in [0.2, 0.25) is 5.91 Å². The fourth-order valence-electron chi connectivity index (χ4n) is 4.13. The summed E-state index contributed by atoms with van der Waals surface area (Å²) in [6.07, 6.45) is 0.985. The van der Waals surface area contributed by atoms with Crippen molar-refractivity contribution in [1.29, 1.82) is 0 Å². The van der Waals surface area contributed by atoms with Gasteiger partial charge in [0.15, 0.2) is 0 Å². The third kappa shape index (κ3) is 4.40. The van der Waals surface area contributed by atoms with E-state index in [0.29, 0.717) is 44.8 Å². The Bertz CT molecular complexity index is 884. The predicted molar refractivity (Wildman–Crippen MR) is 112 cm³/mol. The summed E-state index contributed by atoms with van der Waals surface area (Å²) in [5, 5.41) is 0. The second kappa shape index (κ2) is 9.15. The van der Waals surface area contributed by atoms with Crippen molar-refractivity contribution in [3.8, 4) is 0 Å². The molecule has 0 bridgehead atoms. The van der Waals surface area contributed by atoms with E-state index in [1.807, 2.05) is 41.3 Å². The fraction of sp³-hybridized carbons (Fsp3) is 0.391. The van der Waals surface area contributed by atoms with Crippen molar-refractivity contribution in [1.82, 2.24) is 9.80 Å². The van der Waals surface area contributed by atoms with Crippen molar-refractivity contribution < 1.29 is 18.7 Å². The SMILES string of the molecule is O=C(C1CCCN1C(=O)OCc1ccccc1)N1CCN(c2ccccc2F)CC1. The molecule has 158 valence electrons. The number of para-hydroxylation sites is 1. The van der Waals surface area contributed by atoms with Crippen LogP contribution in [-0.2, 0) is 16.1 Å². The molecule has 2 saturated heterocycles. The summed E-state index contributed by atoms with van der Waals surface area (Å²) in [6.45, 7) is 2.88. The van der Waals surface area contributed by atoms with E-state index >= 15 is 0 Å². The number of benzene rings is 2. The predicted octanol–water partition coefficient (Wildman–Crippen LogP) is 3.28. The maximum Gasteiger partial charge on any atom is 0.410 e. The van der Waals surface area contributed by atoms with Crippen LogP contribution >= 0.6 is 0 Å². The van der Waals surface area contributed by atoms with E-state index in [0.717, 1.165) is 12.0 Å². The van der Waals surface area contributed by atoms with Gasteiger partial charge in [0.1, 0.15) is 18.5 Å². The lowest BCUT2D eigenvalue weighted by atomic mass is 10.1. The molecule has 0 aliphatic carbocycles. The van der Waals surface area contributed by atoms with Crippen LogP contribution in [0.3, 0.4) is 0 Å². The van der Waals surface area contributed by atoms with Crippen LogP contribution in [0.5, 0.6) is 0 Å². The molecular formula is C23H26FN3O3. The van der Waals surface area contributed by atoms with Crippen molar-refractivity contribution in [3.05, 3.63) is 66.0 Å². The Morgan fingerprint density at radius 1 is 0.933 bits per heavy atom. The lowest BCUT2D eigenvalue weighted by molar-refractivity contribution is -0.135. The number of amides is 2. The summed E-state index contributed by atoms with van der Waals surface area (Å²) < 4.78 is 19.5. The summed E-state index contributed by atoms with van der Waals surface area (Å²) >= 11 is 0. The zero-order chi connectivity index (χ0) is 20.9. The van der Waals surface area contributed by atoms with Crippen LogP contribution in [0.15, 0.2) is 54.6 Å². The summed E-state index contributed by atoms with van der Waals surface area (Å²) in [7, 11) is 0. The molecule has 2 amide bonds. The first-order valence-corrected chi connectivity index (χ1v) is 10.4. The molecule has 0 spiro atoms. The van der Waals surface area contributed by atoms with E-state index in [1.165, 1.54) is 6.07 Å². The van der Waals surface area contributed by atoms with Crippen LogP contribution in [0.2, 0.25) is 0 Å². The number of anilines is 1. The van der Waals surface area contributed by atoms with Gasteiger partial charge in [-0.05, 0) is 30.5 Å². The second-order valence-electron chi connectivity index (χ2n) is 7.66. The highest BCUT2D eigenvalue weighted by molar-refractivity contribution is 5.86. The van der Waals surface area contributed by atoms with Gasteiger partial charge in [-0.3, -0.25) is 9.69 Å². The third-order valence-electron chi connectivity index (χ3n) is 5.76. The minimum absolute atomic E-state index is 0.0441. The Hall–Kier alpha value is -3.09. The van der Waals surface area contributed by atoms with Crippen LogP contribution in [0.4, 0.5) is 14.9 Å². The molecule has 7 heteroatoms. The van der Waals surface area contributed by atoms with Crippen LogP contribution < -0.4 is 4.90 Å². The smallest absolute Gasteiger partial charge is 0.410 e. The van der Waals surface area contributed by atoms with E-state index in [1.54, 1.807) is 21.9 Å². The molecule has 2 aromatic carbocycles. The number of piperazine rings is 1. The van der Waals surface area contributed by atoms with Gasteiger partial charge in [-0.25, -0.2) is 9.18 Å². The lowest BCUT2D eigenvalue weighted by Gasteiger charge is -2.38. The zero-order valence-corrected chi connectivity index (χ0v) is 16.9. The monoisotopic (exact) mass is 411 g/mol. The second-order valence-corrected chi connectivity index (χ2v) is 7.66. The largest absolute Gasteiger partial charge is 0.445 e. The third-order valence-corrected chi connectivity index (χ3v) is 5.76. The molecule has 1 unspecified atom stereocenters. The minimum atomic E-state index is -0.478. The molecule has 2 fully saturated rings. The topological polar surface area (TPSA) is 53.1 Å². The first-order chi connectivity index (χ1) is 14.6. The molecular weight excluding hydrogens is 385 g/mol. The van der Waals surface area contributed by atoms with E-state index < -0.39 is 12.1 Å². The Labute approximate surface area is 175 Å². The number of ether oxygens (including phenoxy) is 1. The first kappa shape index (κ1) is 20.2. The molecule has 0 radical (unpaired) electrons. The van der Waals surface area contributed by atoms with Crippen molar-refractivity contribution in [3.63, 3.8) is 0 Å². The standard InChI is InChI=1S/C23H26FN3O3/c24-19-9-4-5-10-20(19)25-13-15-26(16-14-25)22(28)21-11-6-12-27(21)23(29)30-17-18-7-2-1-3-8-18/h1-5,7-10,21H,6,11-17H2. The van der Waals surface area contributed by atoms with Crippen molar-refractivity contribution >= 4 is 17.7 Å². The molecule has 2 heterocycles. The van der Waals surface area contributed by atoms with Crippen molar-refractivity contribution in [2.75, 3.05) is 37.6 Å². The first-order valence-electron chi connectivity index (χ1n) is 10.4. The normalized spacial score (nSPS) is 19.1. The van der Waals surface area contributed by atoms with E-state index in [4.69, 9.17) is 4.74 Å². The Morgan fingerprint density at radius 2 is 1.63 bits per heavy atom. The van der Waals surface area contributed by atoms with E-state index in [2.05, 4.69) is 0 Å². The highest BCUT2D eigenvalue weighted by Crippen LogP contribution is 2.24. The molecule has 4 rings (SSSR count). The summed E-state index contributed by atoms with van der Waals surface area (Å²) in [5.74, 6) is -0.294.